The third kappa shape index (κ3) is 3.69. The fourth-order valence-electron chi connectivity index (χ4n) is 4.06. The molecule has 0 bridgehead atoms. The average Bonchev–Trinajstić information content (AvgIpc) is 3.10. The molecule has 6 heteroatoms. The number of quaternary nitrogens is 1. The molecule has 27 heavy (non-hydrogen) atoms. The van der Waals surface area contributed by atoms with Crippen LogP contribution >= 0.6 is 0 Å². The Hall–Kier alpha value is -1.67. The van der Waals surface area contributed by atoms with E-state index in [-0.39, 0.29) is 24.0 Å². The number of hydrogen-bond acceptors (Lipinski definition) is 4. The Morgan fingerprint density at radius 3 is 2.41 bits per heavy atom. The molecule has 0 fully saturated rings. The van der Waals surface area contributed by atoms with Crippen molar-refractivity contribution in [2.24, 2.45) is 0 Å². The molecule has 5 nitrogen and oxygen atoms in total. The summed E-state index contributed by atoms with van der Waals surface area (Å²) in [5, 5.41) is 0. The van der Waals surface area contributed by atoms with Crippen molar-refractivity contribution in [3.63, 3.8) is 0 Å². The van der Waals surface area contributed by atoms with Crippen LogP contribution in [-0.2, 0) is 12.8 Å². The van der Waals surface area contributed by atoms with E-state index >= 15 is 0 Å². The van der Waals surface area contributed by atoms with Crippen molar-refractivity contribution in [3.05, 3.63) is 47.0 Å². The molecule has 0 N–H and O–H groups in total. The van der Waals surface area contributed by atoms with Crippen LogP contribution in [0.2, 0.25) is 0 Å². The Morgan fingerprint density at radius 2 is 1.70 bits per heavy atom. The van der Waals surface area contributed by atoms with E-state index in [1.165, 1.54) is 16.7 Å². The van der Waals surface area contributed by atoms with Gasteiger partial charge in [-0.25, -0.2) is 0 Å². The highest BCUT2D eigenvalue weighted by Crippen LogP contribution is 2.43. The Balaban J connectivity index is 0.00000210. The summed E-state index contributed by atoms with van der Waals surface area (Å²) in [6, 6.07) is 10.9. The van der Waals surface area contributed by atoms with Crippen molar-refractivity contribution in [3.8, 4) is 23.0 Å². The van der Waals surface area contributed by atoms with Crippen molar-refractivity contribution in [1.82, 2.24) is 0 Å². The number of rotatable bonds is 4. The number of likely N-dealkylation sites (N-methyl/N-ethyl adjacent to an activating group) is 1. The van der Waals surface area contributed by atoms with Crippen molar-refractivity contribution in [2.45, 2.75) is 18.9 Å². The second-order valence-corrected chi connectivity index (χ2v) is 7.57. The third-order valence-corrected chi connectivity index (χ3v) is 5.67. The lowest BCUT2D eigenvalue weighted by Crippen LogP contribution is -3.00. The summed E-state index contributed by atoms with van der Waals surface area (Å²) in [7, 11) is 7.95. The van der Waals surface area contributed by atoms with Crippen LogP contribution in [0.5, 0.6) is 23.0 Å². The van der Waals surface area contributed by atoms with Crippen molar-refractivity contribution in [1.29, 1.82) is 0 Å². The first-order chi connectivity index (χ1) is 12.5. The molecule has 1 atom stereocenters. The van der Waals surface area contributed by atoms with Gasteiger partial charge in [-0.2, -0.15) is 0 Å². The Morgan fingerprint density at radius 1 is 1.00 bits per heavy atom. The summed E-state index contributed by atoms with van der Waals surface area (Å²) in [4.78, 5) is 0. The van der Waals surface area contributed by atoms with E-state index < -0.39 is 0 Å². The predicted molar refractivity (Wildman–Crippen MR) is 99.2 cm³/mol. The highest BCUT2D eigenvalue weighted by Gasteiger charge is 2.37. The molecule has 2 aromatic carbocycles. The van der Waals surface area contributed by atoms with E-state index in [4.69, 9.17) is 18.9 Å². The van der Waals surface area contributed by atoms with Crippen LogP contribution in [0.1, 0.15) is 22.7 Å². The van der Waals surface area contributed by atoms with Crippen LogP contribution in [0, 0.1) is 0 Å². The van der Waals surface area contributed by atoms with Gasteiger partial charge in [-0.15, -0.1) is 0 Å². The maximum Gasteiger partial charge on any atom is 0.231 e. The number of fused-ring (bicyclic) bond motifs is 2. The van der Waals surface area contributed by atoms with Crippen molar-refractivity contribution >= 4 is 0 Å². The first-order valence-corrected chi connectivity index (χ1v) is 8.98. The molecule has 0 amide bonds. The van der Waals surface area contributed by atoms with Crippen LogP contribution in [0.4, 0.5) is 0 Å². The molecule has 2 aliphatic heterocycles. The molecular formula is C21H26INO4. The maximum atomic E-state index is 5.63. The minimum absolute atomic E-state index is 0. The summed E-state index contributed by atoms with van der Waals surface area (Å²) >= 11 is 0. The zero-order valence-electron chi connectivity index (χ0n) is 16.3. The maximum absolute atomic E-state index is 5.63. The lowest BCUT2D eigenvalue weighted by Gasteiger charge is -2.43. The zero-order valence-corrected chi connectivity index (χ0v) is 18.4. The lowest BCUT2D eigenvalue weighted by atomic mass is 9.87. The normalized spacial score (nSPS) is 19.0. The standard InChI is InChI=1S/C21H26NO4.HI/c1-22(2)8-7-15-11-20-21(26-13-25-20)12-16(15)17(22)9-14-5-6-18(23-3)19(10-14)24-4;/h5-6,10-12,17H,7-9,13H2,1-4H3;1H/q+1;/p-1. The van der Waals surface area contributed by atoms with E-state index in [1.54, 1.807) is 14.2 Å². The van der Waals surface area contributed by atoms with Crippen molar-refractivity contribution < 1.29 is 47.4 Å². The quantitative estimate of drug-likeness (QED) is 0.465. The van der Waals surface area contributed by atoms with Gasteiger partial charge in [0.2, 0.25) is 6.79 Å². The molecule has 0 saturated carbocycles. The van der Waals surface area contributed by atoms with Gasteiger partial charge >= 0.3 is 0 Å². The van der Waals surface area contributed by atoms with Gasteiger partial charge in [-0.05, 0) is 35.4 Å². The summed E-state index contributed by atoms with van der Waals surface area (Å²) in [5.41, 5.74) is 3.97. The second-order valence-electron chi connectivity index (χ2n) is 7.57. The summed E-state index contributed by atoms with van der Waals surface area (Å²) in [6.45, 7) is 1.42. The number of halogens is 1. The molecule has 2 aromatic rings. The second kappa shape index (κ2) is 7.75. The highest BCUT2D eigenvalue weighted by molar-refractivity contribution is 5.50. The highest BCUT2D eigenvalue weighted by atomic mass is 127. The molecule has 1 unspecified atom stereocenters. The van der Waals surface area contributed by atoms with E-state index in [9.17, 15) is 0 Å². The van der Waals surface area contributed by atoms with Gasteiger partial charge < -0.3 is 47.4 Å². The van der Waals surface area contributed by atoms with Crippen LogP contribution in [-0.4, -0.2) is 46.1 Å². The van der Waals surface area contributed by atoms with Gasteiger partial charge in [-0.1, -0.05) is 6.07 Å². The molecule has 0 saturated heterocycles. The van der Waals surface area contributed by atoms with Crippen LogP contribution in [0.3, 0.4) is 0 Å². The van der Waals surface area contributed by atoms with Crippen LogP contribution < -0.4 is 42.9 Å². The Labute approximate surface area is 177 Å². The predicted octanol–water partition coefficient (Wildman–Crippen LogP) is 0.353. The van der Waals surface area contributed by atoms with Crippen LogP contribution in [0.25, 0.3) is 0 Å². The number of methoxy groups -OCH3 is 2. The van der Waals surface area contributed by atoms with Crippen molar-refractivity contribution in [2.75, 3.05) is 41.7 Å². The number of benzene rings is 2. The van der Waals surface area contributed by atoms with Gasteiger partial charge in [-0.3, -0.25) is 0 Å². The van der Waals surface area contributed by atoms with Gasteiger partial charge in [0, 0.05) is 18.4 Å². The molecule has 2 heterocycles. The van der Waals surface area contributed by atoms with E-state index in [0.29, 0.717) is 12.8 Å². The average molecular weight is 483 g/mol. The Bertz CT molecular complexity index is 837. The smallest absolute Gasteiger partial charge is 0.231 e. The Kier molecular flexibility index (Phi) is 5.76. The number of ether oxygens (including phenoxy) is 4. The van der Waals surface area contributed by atoms with Gasteiger partial charge in [0.1, 0.15) is 6.04 Å². The topological polar surface area (TPSA) is 36.9 Å². The van der Waals surface area contributed by atoms with Gasteiger partial charge in [0.05, 0.1) is 34.9 Å². The van der Waals surface area contributed by atoms with E-state index in [1.807, 2.05) is 6.07 Å². The largest absolute Gasteiger partial charge is 1.00 e. The molecule has 2 aliphatic rings. The van der Waals surface area contributed by atoms with Crippen LogP contribution in [0.15, 0.2) is 30.3 Å². The molecule has 0 aromatic heterocycles. The first-order valence-electron chi connectivity index (χ1n) is 8.98. The zero-order chi connectivity index (χ0) is 18.3. The summed E-state index contributed by atoms with van der Waals surface area (Å²) in [5.74, 6) is 3.28. The summed E-state index contributed by atoms with van der Waals surface area (Å²) < 4.78 is 23.0. The molecular weight excluding hydrogens is 457 g/mol. The SMILES string of the molecule is COc1ccc(CC2c3cc4c(cc3CC[N+]2(C)C)OCO4)cc1OC.[I-]. The first kappa shape index (κ1) is 20.1. The molecule has 0 aliphatic carbocycles. The lowest BCUT2D eigenvalue weighted by molar-refractivity contribution is -0.923. The third-order valence-electron chi connectivity index (χ3n) is 5.67. The molecule has 146 valence electrons. The minimum Gasteiger partial charge on any atom is -1.00 e. The van der Waals surface area contributed by atoms with E-state index in [0.717, 1.165) is 46.9 Å². The van der Waals surface area contributed by atoms with Gasteiger partial charge in [0.15, 0.2) is 23.0 Å². The fraction of sp³-hybridized carbons (Fsp3) is 0.429. The number of nitrogens with zero attached hydrogens (tertiary/aromatic N) is 1. The molecule has 4 rings (SSSR count). The minimum atomic E-state index is 0. The molecule has 0 radical (unpaired) electrons. The summed E-state index contributed by atoms with van der Waals surface area (Å²) in [6.07, 6.45) is 1.99. The van der Waals surface area contributed by atoms with Gasteiger partial charge in [0.25, 0.3) is 0 Å². The molecule has 0 spiro atoms. The van der Waals surface area contributed by atoms with E-state index in [2.05, 4.69) is 38.4 Å². The fourth-order valence-corrected chi connectivity index (χ4v) is 4.06. The number of hydrogen-bond donors (Lipinski definition) is 0. The monoisotopic (exact) mass is 483 g/mol.